The Labute approximate surface area is 191 Å². The fourth-order valence-corrected chi connectivity index (χ4v) is 3.73. The van der Waals surface area contributed by atoms with E-state index in [9.17, 15) is 22.8 Å². The van der Waals surface area contributed by atoms with Gasteiger partial charge in [-0.1, -0.05) is 13.0 Å². The maximum atomic E-state index is 13.0. The summed E-state index contributed by atoms with van der Waals surface area (Å²) in [4.78, 5) is 38.9. The van der Waals surface area contributed by atoms with Gasteiger partial charge < -0.3 is 14.7 Å². The summed E-state index contributed by atoms with van der Waals surface area (Å²) in [5.74, 6) is -0.339. The minimum Gasteiger partial charge on any atom is -0.368 e. The average molecular weight is 464 g/mol. The molecule has 0 spiro atoms. The summed E-state index contributed by atoms with van der Waals surface area (Å²) in [7, 11) is 0. The second-order valence-corrected chi connectivity index (χ2v) is 8.00. The molecule has 10 heteroatoms. The molecule has 1 aliphatic rings. The highest BCUT2D eigenvalue weighted by Crippen LogP contribution is 2.31. The Kier molecular flexibility index (Phi) is 7.88. The Morgan fingerprint density at radius 2 is 1.79 bits per heavy atom. The van der Waals surface area contributed by atoms with Crippen LogP contribution in [0.3, 0.4) is 0 Å². The van der Waals surface area contributed by atoms with Gasteiger partial charge in [-0.15, -0.1) is 0 Å². The molecule has 0 atom stereocenters. The molecule has 0 saturated carbocycles. The van der Waals surface area contributed by atoms with Crippen molar-refractivity contribution >= 4 is 17.5 Å². The molecule has 0 unspecified atom stereocenters. The van der Waals surface area contributed by atoms with Crippen LogP contribution in [0, 0.1) is 6.92 Å². The van der Waals surface area contributed by atoms with Crippen LogP contribution >= 0.6 is 0 Å². The number of carbonyl (C=O) groups excluding carboxylic acids is 2. The molecule has 2 amide bonds. The van der Waals surface area contributed by atoms with Crippen molar-refractivity contribution in [2.24, 2.45) is 0 Å². The number of piperazine rings is 1. The first-order chi connectivity index (χ1) is 15.7. The number of halogens is 3. The summed E-state index contributed by atoms with van der Waals surface area (Å²) < 4.78 is 39.0. The largest absolute Gasteiger partial charge is 0.416 e. The van der Waals surface area contributed by atoms with Crippen LogP contribution in [0.5, 0.6) is 0 Å². The molecule has 1 fully saturated rings. The van der Waals surface area contributed by atoms with Crippen LogP contribution in [0.25, 0.3) is 0 Å². The van der Waals surface area contributed by atoms with Crippen molar-refractivity contribution in [2.45, 2.75) is 32.9 Å². The Bertz CT molecular complexity index is 957. The van der Waals surface area contributed by atoms with Gasteiger partial charge in [-0.25, -0.2) is 4.98 Å². The fraction of sp³-hybridized carbons (Fsp3) is 0.478. The van der Waals surface area contributed by atoms with E-state index in [1.54, 1.807) is 22.8 Å². The van der Waals surface area contributed by atoms with E-state index in [1.807, 2.05) is 11.8 Å². The molecule has 2 aromatic rings. The van der Waals surface area contributed by atoms with Gasteiger partial charge in [0.05, 0.1) is 17.5 Å². The number of benzene rings is 1. The van der Waals surface area contributed by atoms with Crippen molar-refractivity contribution in [1.82, 2.24) is 19.8 Å². The Morgan fingerprint density at radius 3 is 2.39 bits per heavy atom. The van der Waals surface area contributed by atoms with E-state index in [2.05, 4.69) is 9.97 Å². The maximum Gasteiger partial charge on any atom is 0.416 e. The first kappa shape index (κ1) is 24.5. The second kappa shape index (κ2) is 10.6. The summed E-state index contributed by atoms with van der Waals surface area (Å²) in [6.07, 6.45) is -0.495. The van der Waals surface area contributed by atoms with E-state index in [4.69, 9.17) is 0 Å². The maximum absolute atomic E-state index is 13.0. The Balaban J connectivity index is 1.54. The van der Waals surface area contributed by atoms with Crippen molar-refractivity contribution < 1.29 is 22.8 Å². The van der Waals surface area contributed by atoms with Crippen molar-refractivity contribution in [1.29, 1.82) is 0 Å². The first-order valence-corrected chi connectivity index (χ1v) is 11.0. The Hall–Kier alpha value is -3.17. The topological polar surface area (TPSA) is 69.6 Å². The molecule has 1 saturated heterocycles. The van der Waals surface area contributed by atoms with Gasteiger partial charge in [0.15, 0.2) is 0 Å². The van der Waals surface area contributed by atoms with Gasteiger partial charge in [0, 0.05) is 57.6 Å². The number of carbonyl (C=O) groups is 2. The lowest BCUT2D eigenvalue weighted by molar-refractivity contribution is -0.137. The van der Waals surface area contributed by atoms with Gasteiger partial charge in [0.1, 0.15) is 5.69 Å². The molecule has 1 aliphatic heterocycles. The monoisotopic (exact) mass is 463 g/mol. The third-order valence-corrected chi connectivity index (χ3v) is 5.55. The van der Waals surface area contributed by atoms with Gasteiger partial charge >= 0.3 is 6.18 Å². The highest BCUT2D eigenvalue weighted by atomic mass is 19.4. The van der Waals surface area contributed by atoms with E-state index in [1.165, 1.54) is 18.5 Å². The molecular weight excluding hydrogens is 435 g/mol. The third-order valence-electron chi connectivity index (χ3n) is 5.55. The Morgan fingerprint density at radius 1 is 1.06 bits per heavy atom. The van der Waals surface area contributed by atoms with Crippen LogP contribution in [0.15, 0.2) is 36.7 Å². The highest BCUT2D eigenvalue weighted by Gasteiger charge is 2.31. The number of aryl methyl sites for hydroxylation is 1. The van der Waals surface area contributed by atoms with Gasteiger partial charge in [0.2, 0.25) is 5.91 Å². The number of hydrogen-bond acceptors (Lipinski definition) is 5. The van der Waals surface area contributed by atoms with E-state index in [0.717, 1.165) is 18.6 Å². The van der Waals surface area contributed by atoms with E-state index in [-0.39, 0.29) is 30.5 Å². The molecule has 0 aliphatic carbocycles. The van der Waals surface area contributed by atoms with Crippen LogP contribution in [0.1, 0.15) is 41.5 Å². The van der Waals surface area contributed by atoms with E-state index in [0.29, 0.717) is 44.1 Å². The van der Waals surface area contributed by atoms with E-state index < -0.39 is 11.7 Å². The van der Waals surface area contributed by atoms with Gasteiger partial charge in [-0.2, -0.15) is 13.2 Å². The molecule has 0 radical (unpaired) electrons. The zero-order chi connectivity index (χ0) is 24.0. The second-order valence-electron chi connectivity index (χ2n) is 8.00. The van der Waals surface area contributed by atoms with Crippen LogP contribution < -0.4 is 4.90 Å². The van der Waals surface area contributed by atoms with Crippen LogP contribution in [0.2, 0.25) is 0 Å². The highest BCUT2D eigenvalue weighted by molar-refractivity contribution is 5.92. The number of anilines is 1. The molecular formula is C23H28F3N5O2. The van der Waals surface area contributed by atoms with Gasteiger partial charge in [-0.05, 0) is 31.5 Å². The van der Waals surface area contributed by atoms with Gasteiger partial charge in [-0.3, -0.25) is 14.6 Å². The summed E-state index contributed by atoms with van der Waals surface area (Å²) in [6, 6.07) is 5.23. The van der Waals surface area contributed by atoms with Crippen molar-refractivity contribution in [2.75, 3.05) is 44.2 Å². The molecule has 0 bridgehead atoms. The smallest absolute Gasteiger partial charge is 0.368 e. The van der Waals surface area contributed by atoms with Gasteiger partial charge in [0.25, 0.3) is 5.91 Å². The predicted molar refractivity (Wildman–Crippen MR) is 118 cm³/mol. The molecule has 3 rings (SSSR count). The number of nitrogens with zero attached hydrogens (tertiary/aromatic N) is 5. The molecule has 1 aromatic carbocycles. The SMILES string of the molecule is CCCN(CCC(=O)N1CCN(c2cccc(C(F)(F)F)c2)CC1)C(=O)c1cnc(C)cn1. The third kappa shape index (κ3) is 6.43. The first-order valence-electron chi connectivity index (χ1n) is 11.0. The molecule has 0 N–H and O–H groups in total. The zero-order valence-electron chi connectivity index (χ0n) is 18.8. The standard InChI is InChI=1S/C23H28F3N5O2/c1-3-8-31(22(33)20-16-27-17(2)15-28-20)9-7-21(32)30-12-10-29(11-13-30)19-6-4-5-18(14-19)23(24,25)26/h4-6,14-16H,3,7-13H2,1-2H3. The normalized spacial score (nSPS) is 14.3. The molecule has 7 nitrogen and oxygen atoms in total. The van der Waals surface area contributed by atoms with E-state index >= 15 is 0 Å². The fourth-order valence-electron chi connectivity index (χ4n) is 3.73. The summed E-state index contributed by atoms with van der Waals surface area (Å²) in [6.45, 7) is 6.25. The minimum atomic E-state index is -4.39. The van der Waals surface area contributed by atoms with Crippen LogP contribution in [-0.2, 0) is 11.0 Å². The summed E-state index contributed by atoms with van der Waals surface area (Å²) >= 11 is 0. The lowest BCUT2D eigenvalue weighted by Gasteiger charge is -2.36. The molecule has 33 heavy (non-hydrogen) atoms. The van der Waals surface area contributed by atoms with Crippen molar-refractivity contribution in [3.63, 3.8) is 0 Å². The lowest BCUT2D eigenvalue weighted by Crippen LogP contribution is -2.49. The molecule has 1 aromatic heterocycles. The quantitative estimate of drug-likeness (QED) is 0.630. The average Bonchev–Trinajstić information content (AvgIpc) is 2.81. The molecule has 2 heterocycles. The van der Waals surface area contributed by atoms with Crippen molar-refractivity contribution in [3.05, 3.63) is 53.6 Å². The summed E-state index contributed by atoms with van der Waals surface area (Å²) in [5, 5.41) is 0. The van der Waals surface area contributed by atoms with Crippen molar-refractivity contribution in [3.8, 4) is 0 Å². The molecule has 178 valence electrons. The number of alkyl halides is 3. The number of amides is 2. The zero-order valence-corrected chi connectivity index (χ0v) is 18.8. The number of aromatic nitrogens is 2. The predicted octanol–water partition coefficient (Wildman–Crippen LogP) is 3.39. The minimum absolute atomic E-state index is 0.0809. The van der Waals surface area contributed by atoms with Crippen LogP contribution in [-0.4, -0.2) is 70.9 Å². The number of hydrogen-bond donors (Lipinski definition) is 0. The van der Waals surface area contributed by atoms with Crippen LogP contribution in [0.4, 0.5) is 18.9 Å². The number of rotatable bonds is 7. The lowest BCUT2D eigenvalue weighted by atomic mass is 10.1. The summed E-state index contributed by atoms with van der Waals surface area (Å²) in [5.41, 5.74) is 0.776.